The Balaban J connectivity index is 1.79. The zero-order valence-corrected chi connectivity index (χ0v) is 13.8. The topological polar surface area (TPSA) is 68.9 Å². The maximum Gasteiger partial charge on any atom is 0.277 e. The van der Waals surface area contributed by atoms with Crippen molar-refractivity contribution in [1.29, 1.82) is 0 Å². The average Bonchev–Trinajstić information content (AvgIpc) is 2.93. The van der Waals surface area contributed by atoms with E-state index < -0.39 is 0 Å². The van der Waals surface area contributed by atoms with Crippen molar-refractivity contribution in [2.45, 2.75) is 33.5 Å². The first-order valence-electron chi connectivity index (χ1n) is 7.97. The molecule has 0 atom stereocenters. The highest BCUT2D eigenvalue weighted by Gasteiger charge is 2.13. The van der Waals surface area contributed by atoms with E-state index in [0.717, 1.165) is 16.6 Å². The van der Waals surface area contributed by atoms with Crippen LogP contribution in [0.15, 0.2) is 47.4 Å². The molecule has 0 bridgehead atoms. The van der Waals surface area contributed by atoms with Gasteiger partial charge in [0.05, 0.1) is 5.69 Å². The van der Waals surface area contributed by atoms with Gasteiger partial charge in [-0.1, -0.05) is 30.3 Å². The Hall–Kier alpha value is -2.89. The quantitative estimate of drug-likeness (QED) is 0.778. The summed E-state index contributed by atoms with van der Waals surface area (Å²) in [7, 11) is 0. The van der Waals surface area contributed by atoms with Crippen LogP contribution in [0.5, 0.6) is 0 Å². The van der Waals surface area contributed by atoms with Crippen LogP contribution in [0.4, 0.5) is 0 Å². The number of hydrogen-bond donors (Lipinski definition) is 1. The summed E-state index contributed by atoms with van der Waals surface area (Å²) in [5.41, 5.74) is 2.20. The Labute approximate surface area is 139 Å². The molecule has 24 heavy (non-hydrogen) atoms. The van der Waals surface area contributed by atoms with Gasteiger partial charge < -0.3 is 9.88 Å². The Morgan fingerprint density at radius 3 is 2.67 bits per heavy atom. The van der Waals surface area contributed by atoms with Gasteiger partial charge in [0.2, 0.25) is 5.91 Å². The zero-order chi connectivity index (χ0) is 17.1. The highest BCUT2D eigenvalue weighted by atomic mass is 16.2. The van der Waals surface area contributed by atoms with Crippen LogP contribution in [0.3, 0.4) is 0 Å². The summed E-state index contributed by atoms with van der Waals surface area (Å²) in [4.78, 5) is 24.8. The summed E-state index contributed by atoms with van der Waals surface area (Å²) in [5.74, 6) is -0.195. The second kappa shape index (κ2) is 6.70. The fourth-order valence-electron chi connectivity index (χ4n) is 2.75. The van der Waals surface area contributed by atoms with Crippen LogP contribution in [0.2, 0.25) is 0 Å². The van der Waals surface area contributed by atoms with Gasteiger partial charge in [-0.25, -0.2) is 0 Å². The number of amides is 1. The van der Waals surface area contributed by atoms with Gasteiger partial charge in [0.1, 0.15) is 12.1 Å². The molecule has 0 saturated carbocycles. The predicted octanol–water partition coefficient (Wildman–Crippen LogP) is 1.84. The lowest BCUT2D eigenvalue weighted by Crippen LogP contribution is -2.32. The van der Waals surface area contributed by atoms with E-state index >= 15 is 0 Å². The van der Waals surface area contributed by atoms with E-state index in [4.69, 9.17) is 0 Å². The molecule has 1 aromatic carbocycles. The van der Waals surface area contributed by atoms with E-state index in [9.17, 15) is 9.59 Å². The molecule has 0 spiro atoms. The number of aryl methyl sites for hydroxylation is 2. The van der Waals surface area contributed by atoms with E-state index in [1.54, 1.807) is 10.9 Å². The maximum absolute atomic E-state index is 12.7. The Kier molecular flexibility index (Phi) is 4.46. The summed E-state index contributed by atoms with van der Waals surface area (Å²) >= 11 is 0. The summed E-state index contributed by atoms with van der Waals surface area (Å²) < 4.78 is 3.11. The van der Waals surface area contributed by atoms with Gasteiger partial charge in [-0.2, -0.15) is 5.10 Å². The first kappa shape index (κ1) is 16.0. The van der Waals surface area contributed by atoms with Crippen molar-refractivity contribution in [1.82, 2.24) is 19.7 Å². The van der Waals surface area contributed by atoms with Crippen LogP contribution in [0, 0.1) is 6.92 Å². The molecule has 2 heterocycles. The molecule has 0 saturated heterocycles. The van der Waals surface area contributed by atoms with Crippen molar-refractivity contribution in [2.75, 3.05) is 0 Å². The number of fused-ring (bicyclic) bond motifs is 1. The fraction of sp³-hybridized carbons (Fsp3) is 0.278. The zero-order valence-electron chi connectivity index (χ0n) is 13.8. The number of nitrogens with zero attached hydrogens (tertiary/aromatic N) is 3. The first-order chi connectivity index (χ1) is 11.6. The molecule has 6 heteroatoms. The summed E-state index contributed by atoms with van der Waals surface area (Å²) in [6.07, 6.45) is 1.65. The molecule has 2 aromatic heterocycles. The molecule has 0 fully saturated rings. The van der Waals surface area contributed by atoms with Gasteiger partial charge in [0.15, 0.2) is 0 Å². The molecule has 0 aliphatic rings. The van der Waals surface area contributed by atoms with Crippen molar-refractivity contribution in [3.8, 4) is 0 Å². The lowest BCUT2D eigenvalue weighted by atomic mass is 10.2. The predicted molar refractivity (Wildman–Crippen MR) is 92.7 cm³/mol. The van der Waals surface area contributed by atoms with E-state index in [1.807, 2.05) is 50.2 Å². The molecule has 1 N–H and O–H groups in total. The second-order valence-corrected chi connectivity index (χ2v) is 5.67. The Morgan fingerprint density at radius 1 is 1.21 bits per heavy atom. The highest BCUT2D eigenvalue weighted by Crippen LogP contribution is 2.13. The molecule has 3 aromatic rings. The van der Waals surface area contributed by atoms with Crippen LogP contribution in [0.25, 0.3) is 10.9 Å². The van der Waals surface area contributed by atoms with Gasteiger partial charge in [-0.3, -0.25) is 14.3 Å². The number of nitrogens with one attached hydrogen (secondary N) is 1. The van der Waals surface area contributed by atoms with Crippen molar-refractivity contribution in [3.05, 3.63) is 64.2 Å². The summed E-state index contributed by atoms with van der Waals surface area (Å²) in [6, 6.07) is 11.5. The number of carbonyl (C=O) groups is 1. The number of rotatable bonds is 5. The van der Waals surface area contributed by atoms with E-state index in [1.165, 1.54) is 4.57 Å². The standard InChI is InChI=1S/C18H20N4O2/c1-3-22-17-15(13(2)20-22)9-10-21(18(17)24)12-16(23)19-11-14-7-5-4-6-8-14/h4-10H,3,11-12H2,1-2H3,(H,19,23). The first-order valence-corrected chi connectivity index (χ1v) is 7.97. The Bertz CT molecular complexity index is 925. The largest absolute Gasteiger partial charge is 0.350 e. The molecular weight excluding hydrogens is 304 g/mol. The van der Waals surface area contributed by atoms with Gasteiger partial charge in [0.25, 0.3) is 5.56 Å². The minimum absolute atomic E-state index is 0.00442. The molecule has 0 aliphatic heterocycles. The van der Waals surface area contributed by atoms with E-state index in [0.29, 0.717) is 18.6 Å². The molecule has 6 nitrogen and oxygen atoms in total. The number of aromatic nitrogens is 3. The average molecular weight is 324 g/mol. The number of benzene rings is 1. The monoisotopic (exact) mass is 324 g/mol. The normalized spacial score (nSPS) is 10.9. The fourth-order valence-corrected chi connectivity index (χ4v) is 2.75. The van der Waals surface area contributed by atoms with Crippen molar-refractivity contribution in [2.24, 2.45) is 0 Å². The van der Waals surface area contributed by atoms with Gasteiger partial charge in [-0.15, -0.1) is 0 Å². The molecule has 0 unspecified atom stereocenters. The minimum atomic E-state index is -0.195. The lowest BCUT2D eigenvalue weighted by molar-refractivity contribution is -0.121. The van der Waals surface area contributed by atoms with Crippen LogP contribution in [-0.2, 0) is 24.4 Å². The summed E-state index contributed by atoms with van der Waals surface area (Å²) in [6.45, 7) is 4.88. The molecule has 0 radical (unpaired) electrons. The third-order valence-electron chi connectivity index (χ3n) is 4.00. The summed E-state index contributed by atoms with van der Waals surface area (Å²) in [5, 5.41) is 8.04. The smallest absolute Gasteiger partial charge is 0.277 e. The van der Waals surface area contributed by atoms with E-state index in [-0.39, 0.29) is 18.0 Å². The van der Waals surface area contributed by atoms with Crippen LogP contribution in [-0.4, -0.2) is 20.3 Å². The molecule has 1 amide bonds. The highest BCUT2D eigenvalue weighted by molar-refractivity contribution is 5.81. The maximum atomic E-state index is 12.7. The third kappa shape index (κ3) is 3.08. The Morgan fingerprint density at radius 2 is 1.96 bits per heavy atom. The number of hydrogen-bond acceptors (Lipinski definition) is 3. The third-order valence-corrected chi connectivity index (χ3v) is 4.00. The van der Waals surface area contributed by atoms with Crippen molar-refractivity contribution in [3.63, 3.8) is 0 Å². The number of pyridine rings is 1. The molecular formula is C18H20N4O2. The molecule has 124 valence electrons. The lowest BCUT2D eigenvalue weighted by Gasteiger charge is -2.08. The minimum Gasteiger partial charge on any atom is -0.350 e. The number of carbonyl (C=O) groups excluding carboxylic acids is 1. The van der Waals surface area contributed by atoms with Crippen molar-refractivity contribution < 1.29 is 4.79 Å². The molecule has 3 rings (SSSR count). The van der Waals surface area contributed by atoms with Crippen LogP contribution in [0.1, 0.15) is 18.2 Å². The SMILES string of the molecule is CCn1nc(C)c2ccn(CC(=O)NCc3ccccc3)c(=O)c21. The van der Waals surface area contributed by atoms with Gasteiger partial charge in [0, 0.05) is 24.7 Å². The van der Waals surface area contributed by atoms with E-state index in [2.05, 4.69) is 10.4 Å². The second-order valence-electron chi connectivity index (χ2n) is 5.67. The van der Waals surface area contributed by atoms with Gasteiger partial charge in [-0.05, 0) is 25.5 Å². The van der Waals surface area contributed by atoms with Gasteiger partial charge >= 0.3 is 0 Å². The van der Waals surface area contributed by atoms with Crippen LogP contribution < -0.4 is 10.9 Å². The molecule has 0 aliphatic carbocycles. The van der Waals surface area contributed by atoms with Crippen molar-refractivity contribution >= 4 is 16.8 Å². The van der Waals surface area contributed by atoms with Crippen LogP contribution >= 0.6 is 0 Å².